The number of para-hydroxylation sites is 2. The minimum atomic E-state index is -1.13. The summed E-state index contributed by atoms with van der Waals surface area (Å²) in [6, 6.07) is 17.9. The highest BCUT2D eigenvalue weighted by Gasteiger charge is 2.25. The van der Waals surface area contributed by atoms with E-state index < -0.39 is 11.9 Å². The van der Waals surface area contributed by atoms with Crippen molar-refractivity contribution in [2.24, 2.45) is 0 Å². The average Bonchev–Trinajstić information content (AvgIpc) is 3.37. The van der Waals surface area contributed by atoms with Gasteiger partial charge in [0.05, 0.1) is 31.6 Å². The fourth-order valence-electron chi connectivity index (χ4n) is 3.07. The molecule has 158 valence electrons. The van der Waals surface area contributed by atoms with Crippen LogP contribution < -0.4 is 0 Å². The number of aromatic nitrogens is 2. The maximum Gasteiger partial charge on any atom is 0.336 e. The smallest absolute Gasteiger partial charge is 0.336 e. The molecule has 0 amide bonds. The summed E-state index contributed by atoms with van der Waals surface area (Å²) in [7, 11) is 0. The van der Waals surface area contributed by atoms with Crippen LogP contribution in [0.3, 0.4) is 0 Å². The summed E-state index contributed by atoms with van der Waals surface area (Å²) in [5, 5.41) is 19.6. The quantitative estimate of drug-likeness (QED) is 0.271. The zero-order valence-electron chi connectivity index (χ0n) is 16.0. The van der Waals surface area contributed by atoms with Crippen molar-refractivity contribution in [3.05, 3.63) is 71.8 Å². The third-order valence-electron chi connectivity index (χ3n) is 4.50. The van der Waals surface area contributed by atoms with Gasteiger partial charge in [-0.2, -0.15) is 0 Å². The molecule has 32 heavy (non-hydrogen) atoms. The lowest BCUT2D eigenvalue weighted by Gasteiger charge is -2.12. The molecule has 5 rings (SSSR count). The van der Waals surface area contributed by atoms with E-state index in [1.54, 1.807) is 0 Å². The first-order valence-corrected chi connectivity index (χ1v) is 12.5. The predicted octanol–water partition coefficient (Wildman–Crippen LogP) is 6.60. The largest absolute Gasteiger partial charge is 0.478 e. The number of carboxylic acids is 2. The Morgan fingerprint density at radius 2 is 1.06 bits per heavy atom. The minimum absolute atomic E-state index is 0.0304. The molecule has 0 saturated carbocycles. The highest BCUT2D eigenvalue weighted by Crippen LogP contribution is 2.46. The molecule has 0 unspecified atom stereocenters. The van der Waals surface area contributed by atoms with Crippen LogP contribution in [-0.4, -0.2) is 32.1 Å². The van der Waals surface area contributed by atoms with Gasteiger partial charge in [-0.15, -0.1) is 22.7 Å². The number of rotatable bonds is 6. The first kappa shape index (κ1) is 21.0. The Balaban J connectivity index is 1.66. The molecule has 5 aromatic rings. The van der Waals surface area contributed by atoms with Crippen LogP contribution in [0, 0.1) is 0 Å². The molecule has 0 aliphatic carbocycles. The van der Waals surface area contributed by atoms with Gasteiger partial charge in [-0.1, -0.05) is 47.8 Å². The number of hydrogen-bond acceptors (Lipinski definition) is 8. The standard InChI is InChI=1S/C22H12N2O4S4/c25-19(26)11-9-10-12(20(27)28)18(32-22-24-14-6-2-4-8-16(14)30-22)17(11)31-21-23-13-5-1-3-7-15(13)29-21/h1-10H,(H,25,26)(H,27,28). The lowest BCUT2D eigenvalue weighted by Crippen LogP contribution is -2.06. The minimum Gasteiger partial charge on any atom is -0.478 e. The Hall–Kier alpha value is -2.92. The monoisotopic (exact) mass is 496 g/mol. The van der Waals surface area contributed by atoms with Crippen molar-refractivity contribution in [3.8, 4) is 0 Å². The molecule has 0 bridgehead atoms. The van der Waals surface area contributed by atoms with Gasteiger partial charge >= 0.3 is 11.9 Å². The zero-order valence-corrected chi connectivity index (χ0v) is 19.3. The normalized spacial score (nSPS) is 11.2. The molecule has 10 heteroatoms. The third-order valence-corrected chi connectivity index (χ3v) is 9.08. The van der Waals surface area contributed by atoms with Crippen molar-refractivity contribution in [1.82, 2.24) is 9.97 Å². The van der Waals surface area contributed by atoms with Crippen LogP contribution in [0.5, 0.6) is 0 Å². The second-order valence-corrected chi connectivity index (χ2v) is 11.1. The van der Waals surface area contributed by atoms with Gasteiger partial charge in [0.15, 0.2) is 8.68 Å². The van der Waals surface area contributed by atoms with Crippen LogP contribution in [0.2, 0.25) is 0 Å². The summed E-state index contributed by atoms with van der Waals surface area (Å²) in [6.45, 7) is 0. The molecule has 0 saturated heterocycles. The van der Waals surface area contributed by atoms with Crippen molar-refractivity contribution < 1.29 is 19.8 Å². The second-order valence-electron chi connectivity index (χ2n) is 6.53. The summed E-state index contributed by atoms with van der Waals surface area (Å²) in [5.74, 6) is -2.26. The van der Waals surface area contributed by atoms with E-state index in [0.717, 1.165) is 20.4 Å². The van der Waals surface area contributed by atoms with Gasteiger partial charge < -0.3 is 10.2 Å². The van der Waals surface area contributed by atoms with E-state index in [1.807, 2.05) is 48.5 Å². The lowest BCUT2D eigenvalue weighted by atomic mass is 10.1. The van der Waals surface area contributed by atoms with E-state index in [9.17, 15) is 19.8 Å². The van der Waals surface area contributed by atoms with Crippen LogP contribution in [0.15, 0.2) is 79.1 Å². The SMILES string of the molecule is O=C(O)c1ccc(C(=O)O)c(Sc2nc3ccccc3s2)c1Sc1nc2ccccc2s1. The van der Waals surface area contributed by atoms with E-state index in [0.29, 0.717) is 18.5 Å². The third kappa shape index (κ3) is 3.97. The molecule has 2 aromatic heterocycles. The Morgan fingerprint density at radius 1 is 0.656 bits per heavy atom. The van der Waals surface area contributed by atoms with E-state index in [1.165, 1.54) is 58.3 Å². The number of aromatic carboxylic acids is 2. The van der Waals surface area contributed by atoms with Crippen LogP contribution in [0.4, 0.5) is 0 Å². The molecule has 0 aliphatic rings. The van der Waals surface area contributed by atoms with Crippen molar-refractivity contribution in [2.45, 2.75) is 18.5 Å². The van der Waals surface area contributed by atoms with Gasteiger partial charge in [0, 0.05) is 9.79 Å². The topological polar surface area (TPSA) is 100 Å². The maximum absolute atomic E-state index is 12.0. The molecule has 2 heterocycles. The number of benzene rings is 3. The lowest BCUT2D eigenvalue weighted by molar-refractivity contribution is 0.0674. The Kier molecular flexibility index (Phi) is 5.60. The molecule has 0 fully saturated rings. The van der Waals surface area contributed by atoms with E-state index in [2.05, 4.69) is 9.97 Å². The number of hydrogen-bond donors (Lipinski definition) is 2. The molecule has 0 aliphatic heterocycles. The summed E-state index contributed by atoms with van der Waals surface area (Å²) in [5.41, 5.74) is 1.68. The van der Waals surface area contributed by atoms with Crippen LogP contribution in [0.25, 0.3) is 20.4 Å². The molecular weight excluding hydrogens is 485 g/mol. The van der Waals surface area contributed by atoms with E-state index in [-0.39, 0.29) is 11.1 Å². The van der Waals surface area contributed by atoms with Crippen molar-refractivity contribution >= 4 is 78.6 Å². The second kappa shape index (κ2) is 8.55. The highest BCUT2D eigenvalue weighted by atomic mass is 32.2. The zero-order chi connectivity index (χ0) is 22.2. The molecule has 2 N–H and O–H groups in total. The van der Waals surface area contributed by atoms with Crippen molar-refractivity contribution in [3.63, 3.8) is 0 Å². The Bertz CT molecular complexity index is 1330. The number of thiazole rings is 2. The molecule has 0 spiro atoms. The number of fused-ring (bicyclic) bond motifs is 2. The van der Waals surface area contributed by atoms with Gasteiger partial charge in [-0.3, -0.25) is 0 Å². The van der Waals surface area contributed by atoms with Crippen LogP contribution >= 0.6 is 46.2 Å². The maximum atomic E-state index is 12.0. The van der Waals surface area contributed by atoms with Gasteiger partial charge in [0.1, 0.15) is 0 Å². The van der Waals surface area contributed by atoms with E-state index >= 15 is 0 Å². The van der Waals surface area contributed by atoms with Crippen LogP contribution in [0.1, 0.15) is 20.7 Å². The van der Waals surface area contributed by atoms with Crippen molar-refractivity contribution in [1.29, 1.82) is 0 Å². The molecular formula is C22H12N2O4S4. The Morgan fingerprint density at radius 3 is 1.44 bits per heavy atom. The fourth-order valence-corrected chi connectivity index (χ4v) is 7.66. The number of carboxylic acid groups (broad SMARTS) is 2. The molecule has 0 radical (unpaired) electrons. The highest BCUT2D eigenvalue weighted by molar-refractivity contribution is 8.04. The average molecular weight is 497 g/mol. The molecule has 6 nitrogen and oxygen atoms in total. The summed E-state index contributed by atoms with van der Waals surface area (Å²) in [4.78, 5) is 33.9. The summed E-state index contributed by atoms with van der Waals surface area (Å²) >= 11 is 5.21. The summed E-state index contributed by atoms with van der Waals surface area (Å²) < 4.78 is 3.23. The predicted molar refractivity (Wildman–Crippen MR) is 128 cm³/mol. The van der Waals surface area contributed by atoms with Crippen LogP contribution in [-0.2, 0) is 0 Å². The molecule has 3 aromatic carbocycles. The van der Waals surface area contributed by atoms with Crippen molar-refractivity contribution in [2.75, 3.05) is 0 Å². The first-order chi connectivity index (χ1) is 15.5. The first-order valence-electron chi connectivity index (χ1n) is 9.20. The van der Waals surface area contributed by atoms with E-state index in [4.69, 9.17) is 0 Å². The van der Waals surface area contributed by atoms with Gasteiger partial charge in [0.25, 0.3) is 0 Å². The fraction of sp³-hybridized carbons (Fsp3) is 0. The van der Waals surface area contributed by atoms with Gasteiger partial charge in [-0.05, 0) is 36.4 Å². The molecule has 0 atom stereocenters. The Labute approximate surface area is 198 Å². The number of nitrogens with zero attached hydrogens (tertiary/aromatic N) is 2. The van der Waals surface area contributed by atoms with Gasteiger partial charge in [-0.25, -0.2) is 19.6 Å². The number of carbonyl (C=O) groups is 2. The summed E-state index contributed by atoms with van der Waals surface area (Å²) in [6.07, 6.45) is 0. The van der Waals surface area contributed by atoms with Gasteiger partial charge in [0.2, 0.25) is 0 Å².